The lowest BCUT2D eigenvalue weighted by Crippen LogP contribution is -2.10. The van der Waals surface area contributed by atoms with Gasteiger partial charge in [0.15, 0.2) is 5.78 Å². The van der Waals surface area contributed by atoms with Gasteiger partial charge in [0, 0.05) is 24.1 Å². The first-order valence-electron chi connectivity index (χ1n) is 6.43. The molecular formula is C15H17ClN2O2. The Morgan fingerprint density at radius 1 is 1.40 bits per heavy atom. The van der Waals surface area contributed by atoms with Crippen LogP contribution in [0.1, 0.15) is 28.7 Å². The molecule has 0 saturated carbocycles. The maximum absolute atomic E-state index is 12.4. The minimum atomic E-state index is 0.000247. The molecule has 0 saturated heterocycles. The first-order chi connectivity index (χ1) is 9.55. The Bertz CT molecular complexity index is 635. The van der Waals surface area contributed by atoms with Gasteiger partial charge in [-0.2, -0.15) is 5.10 Å². The summed E-state index contributed by atoms with van der Waals surface area (Å²) in [4.78, 5) is 12.4. The molecule has 0 aliphatic carbocycles. The molecule has 0 bridgehead atoms. The van der Waals surface area contributed by atoms with Gasteiger partial charge in [-0.1, -0.05) is 18.5 Å². The standard InChI is InChI=1S/C15H17ClN2O2/c1-4-12-9-13(18(2)17-12)14(19)8-10-7-11(16)5-6-15(10)20-3/h5-7,9H,4,8H2,1-3H3. The van der Waals surface area contributed by atoms with E-state index in [2.05, 4.69) is 5.10 Å². The zero-order valence-corrected chi connectivity index (χ0v) is 12.6. The van der Waals surface area contributed by atoms with Gasteiger partial charge in [0.1, 0.15) is 11.4 Å². The number of aromatic nitrogens is 2. The molecule has 20 heavy (non-hydrogen) atoms. The molecule has 1 aromatic heterocycles. The van der Waals surface area contributed by atoms with Crippen molar-refractivity contribution in [3.8, 4) is 5.75 Å². The molecule has 1 aromatic carbocycles. The number of nitrogens with zero attached hydrogens (tertiary/aromatic N) is 2. The van der Waals surface area contributed by atoms with Crippen LogP contribution in [0.25, 0.3) is 0 Å². The van der Waals surface area contributed by atoms with Crippen molar-refractivity contribution in [2.45, 2.75) is 19.8 Å². The van der Waals surface area contributed by atoms with Crippen molar-refractivity contribution in [2.75, 3.05) is 7.11 Å². The number of halogens is 1. The number of hydrogen-bond donors (Lipinski definition) is 0. The van der Waals surface area contributed by atoms with Crippen LogP contribution in [-0.2, 0) is 19.9 Å². The number of ether oxygens (including phenoxy) is 1. The number of ketones is 1. The number of benzene rings is 1. The van der Waals surface area contributed by atoms with Crippen molar-refractivity contribution in [2.24, 2.45) is 7.05 Å². The fourth-order valence-corrected chi connectivity index (χ4v) is 2.30. The summed E-state index contributed by atoms with van der Waals surface area (Å²) in [6.07, 6.45) is 1.05. The van der Waals surface area contributed by atoms with Crippen molar-refractivity contribution in [3.05, 3.63) is 46.2 Å². The monoisotopic (exact) mass is 292 g/mol. The number of methoxy groups -OCH3 is 1. The highest BCUT2D eigenvalue weighted by Crippen LogP contribution is 2.24. The van der Waals surface area contributed by atoms with E-state index in [1.54, 1.807) is 37.0 Å². The third kappa shape index (κ3) is 3.02. The van der Waals surface area contributed by atoms with E-state index in [4.69, 9.17) is 16.3 Å². The zero-order chi connectivity index (χ0) is 14.7. The molecule has 0 amide bonds. The summed E-state index contributed by atoms with van der Waals surface area (Å²) in [5.41, 5.74) is 2.29. The van der Waals surface area contributed by atoms with Gasteiger partial charge in [-0.05, 0) is 30.7 Å². The SMILES string of the molecule is CCc1cc(C(=O)Cc2cc(Cl)ccc2OC)n(C)n1. The predicted molar refractivity (Wildman–Crippen MR) is 78.6 cm³/mol. The van der Waals surface area contributed by atoms with Gasteiger partial charge in [0.2, 0.25) is 0 Å². The topological polar surface area (TPSA) is 44.1 Å². The van der Waals surface area contributed by atoms with Gasteiger partial charge in [-0.3, -0.25) is 9.48 Å². The second kappa shape index (κ2) is 6.09. The summed E-state index contributed by atoms with van der Waals surface area (Å²) in [5.74, 6) is 0.668. The van der Waals surface area contributed by atoms with E-state index >= 15 is 0 Å². The van der Waals surface area contributed by atoms with Gasteiger partial charge >= 0.3 is 0 Å². The zero-order valence-electron chi connectivity index (χ0n) is 11.8. The van der Waals surface area contributed by atoms with Crippen molar-refractivity contribution in [1.82, 2.24) is 9.78 Å². The number of carbonyl (C=O) groups is 1. The number of hydrogen-bond acceptors (Lipinski definition) is 3. The van der Waals surface area contributed by atoms with Crippen LogP contribution in [0.2, 0.25) is 5.02 Å². The summed E-state index contributed by atoms with van der Waals surface area (Å²) in [6.45, 7) is 2.01. The number of aryl methyl sites for hydroxylation is 2. The number of rotatable bonds is 5. The maximum Gasteiger partial charge on any atom is 0.185 e. The Morgan fingerprint density at radius 3 is 2.75 bits per heavy atom. The molecule has 5 heteroatoms. The number of Topliss-reactive ketones (excluding diaryl/α,β-unsaturated/α-hetero) is 1. The minimum absolute atomic E-state index is 0.000247. The first-order valence-corrected chi connectivity index (χ1v) is 6.81. The van der Waals surface area contributed by atoms with E-state index in [1.165, 1.54) is 0 Å². The molecule has 0 aliphatic rings. The molecule has 1 heterocycles. The Morgan fingerprint density at radius 2 is 2.15 bits per heavy atom. The average Bonchev–Trinajstić information content (AvgIpc) is 2.80. The van der Waals surface area contributed by atoms with Crippen LogP contribution < -0.4 is 4.74 Å². The van der Waals surface area contributed by atoms with E-state index in [9.17, 15) is 4.79 Å². The molecule has 0 atom stereocenters. The van der Waals surface area contributed by atoms with Crippen LogP contribution >= 0.6 is 11.6 Å². The summed E-state index contributed by atoms with van der Waals surface area (Å²) in [5, 5.41) is 4.88. The van der Waals surface area contributed by atoms with Crippen LogP contribution in [0.4, 0.5) is 0 Å². The smallest absolute Gasteiger partial charge is 0.185 e. The van der Waals surface area contributed by atoms with Crippen LogP contribution in [0.5, 0.6) is 5.75 Å². The largest absolute Gasteiger partial charge is 0.496 e. The molecule has 0 spiro atoms. The van der Waals surface area contributed by atoms with E-state index < -0.39 is 0 Å². The number of carbonyl (C=O) groups excluding carboxylic acids is 1. The van der Waals surface area contributed by atoms with Crippen molar-refractivity contribution >= 4 is 17.4 Å². The Kier molecular flexibility index (Phi) is 4.45. The molecule has 0 radical (unpaired) electrons. The fraction of sp³-hybridized carbons (Fsp3) is 0.333. The van der Waals surface area contributed by atoms with Crippen LogP contribution in [0.3, 0.4) is 0 Å². The van der Waals surface area contributed by atoms with E-state index in [0.29, 0.717) is 16.5 Å². The highest BCUT2D eigenvalue weighted by atomic mass is 35.5. The summed E-state index contributed by atoms with van der Waals surface area (Å²) >= 11 is 5.98. The van der Waals surface area contributed by atoms with Gasteiger partial charge < -0.3 is 4.74 Å². The second-order valence-corrected chi connectivity index (χ2v) is 4.99. The van der Waals surface area contributed by atoms with Crippen molar-refractivity contribution in [1.29, 1.82) is 0 Å². The van der Waals surface area contributed by atoms with Crippen molar-refractivity contribution in [3.63, 3.8) is 0 Å². The van der Waals surface area contributed by atoms with E-state index in [1.807, 2.05) is 13.0 Å². The molecule has 2 aromatic rings. The second-order valence-electron chi connectivity index (χ2n) is 4.55. The summed E-state index contributed by atoms with van der Waals surface area (Å²) in [6, 6.07) is 7.11. The van der Waals surface area contributed by atoms with Gasteiger partial charge in [-0.25, -0.2) is 0 Å². The third-order valence-electron chi connectivity index (χ3n) is 3.17. The molecule has 2 rings (SSSR count). The highest BCUT2D eigenvalue weighted by Gasteiger charge is 2.15. The average molecular weight is 293 g/mol. The molecule has 0 N–H and O–H groups in total. The summed E-state index contributed by atoms with van der Waals surface area (Å²) < 4.78 is 6.88. The maximum atomic E-state index is 12.4. The van der Waals surface area contributed by atoms with Crippen LogP contribution in [0.15, 0.2) is 24.3 Å². The highest BCUT2D eigenvalue weighted by molar-refractivity contribution is 6.30. The lowest BCUT2D eigenvalue weighted by molar-refractivity contribution is 0.0983. The van der Waals surface area contributed by atoms with Gasteiger partial charge in [0.05, 0.1) is 12.8 Å². The van der Waals surface area contributed by atoms with E-state index in [-0.39, 0.29) is 12.2 Å². The first kappa shape index (κ1) is 14.6. The Balaban J connectivity index is 2.27. The molecule has 0 fully saturated rings. The Hall–Kier alpha value is -1.81. The van der Waals surface area contributed by atoms with Gasteiger partial charge in [0.25, 0.3) is 0 Å². The lowest BCUT2D eigenvalue weighted by Gasteiger charge is -2.08. The van der Waals surface area contributed by atoms with Gasteiger partial charge in [-0.15, -0.1) is 0 Å². The van der Waals surface area contributed by atoms with Crippen molar-refractivity contribution < 1.29 is 9.53 Å². The normalized spacial score (nSPS) is 10.6. The fourth-order valence-electron chi connectivity index (χ4n) is 2.11. The minimum Gasteiger partial charge on any atom is -0.496 e. The summed E-state index contributed by atoms with van der Waals surface area (Å²) in [7, 11) is 3.36. The molecule has 0 unspecified atom stereocenters. The van der Waals surface area contributed by atoms with Crippen LogP contribution in [0, 0.1) is 0 Å². The quantitative estimate of drug-likeness (QED) is 0.796. The van der Waals surface area contributed by atoms with Crippen LogP contribution in [-0.4, -0.2) is 22.7 Å². The third-order valence-corrected chi connectivity index (χ3v) is 3.41. The molecular weight excluding hydrogens is 276 g/mol. The molecule has 4 nitrogen and oxygen atoms in total. The Labute approximate surface area is 123 Å². The molecule has 106 valence electrons. The lowest BCUT2D eigenvalue weighted by atomic mass is 10.1. The molecule has 0 aliphatic heterocycles. The predicted octanol–water partition coefficient (Wildman–Crippen LogP) is 3.07. The van der Waals surface area contributed by atoms with E-state index in [0.717, 1.165) is 17.7 Å².